The number of aliphatic imine (C=N–C) groups is 1. The van der Waals surface area contributed by atoms with Crippen molar-refractivity contribution in [3.63, 3.8) is 0 Å². The maximum Gasteiger partial charge on any atom is 0.238 e. The minimum atomic E-state index is -0.714. The van der Waals surface area contributed by atoms with Gasteiger partial charge in [-0.3, -0.25) is 14.5 Å². The van der Waals surface area contributed by atoms with Crippen molar-refractivity contribution in [2.45, 2.75) is 18.1 Å². The van der Waals surface area contributed by atoms with Crippen molar-refractivity contribution in [3.8, 4) is 5.75 Å². The quantitative estimate of drug-likeness (QED) is 0.491. The van der Waals surface area contributed by atoms with Crippen LogP contribution in [-0.4, -0.2) is 40.8 Å². The van der Waals surface area contributed by atoms with Gasteiger partial charge in [0.05, 0.1) is 12.8 Å². The number of rotatable bonds is 7. The molecule has 0 aliphatic carbocycles. The molecule has 3 aromatic rings. The standard InChI is InChI=1S/C26H23F2N3O3S/c1-34-21-12-10-19(11-13-21)29-25(33)23-16-24(32)31(15-14-17-4-2-3-5-22(17)28)26(35-23)30-20-8-6-18(27)7-9-20/h2-13,23H,14-16H2,1H3,(H,29,33)/t23-/m1/s1. The third kappa shape index (κ3) is 6.24. The molecule has 3 aromatic carbocycles. The Bertz CT molecular complexity index is 1230. The van der Waals surface area contributed by atoms with E-state index in [9.17, 15) is 18.4 Å². The second kappa shape index (κ2) is 11.1. The Morgan fingerprint density at radius 3 is 2.49 bits per heavy atom. The highest BCUT2D eigenvalue weighted by molar-refractivity contribution is 8.15. The molecule has 0 bridgehead atoms. The summed E-state index contributed by atoms with van der Waals surface area (Å²) in [6, 6.07) is 18.8. The van der Waals surface area contributed by atoms with Crippen molar-refractivity contribution in [2.75, 3.05) is 19.0 Å². The van der Waals surface area contributed by atoms with Gasteiger partial charge in [0, 0.05) is 18.7 Å². The molecule has 2 amide bonds. The van der Waals surface area contributed by atoms with Gasteiger partial charge in [-0.15, -0.1) is 0 Å². The second-order valence-corrected chi connectivity index (χ2v) is 8.96. The monoisotopic (exact) mass is 495 g/mol. The number of thioether (sulfide) groups is 1. The van der Waals surface area contributed by atoms with Crippen LogP contribution in [0, 0.1) is 11.6 Å². The van der Waals surface area contributed by atoms with E-state index in [2.05, 4.69) is 10.3 Å². The van der Waals surface area contributed by atoms with Gasteiger partial charge in [0.1, 0.15) is 22.6 Å². The molecule has 1 N–H and O–H groups in total. The maximum atomic E-state index is 14.1. The highest BCUT2D eigenvalue weighted by Gasteiger charge is 2.36. The first-order valence-electron chi connectivity index (χ1n) is 10.9. The van der Waals surface area contributed by atoms with E-state index in [4.69, 9.17) is 4.74 Å². The van der Waals surface area contributed by atoms with Gasteiger partial charge >= 0.3 is 0 Å². The molecule has 1 aliphatic rings. The number of benzene rings is 3. The topological polar surface area (TPSA) is 71.0 Å². The molecule has 1 saturated heterocycles. The zero-order valence-electron chi connectivity index (χ0n) is 18.9. The van der Waals surface area contributed by atoms with Crippen LogP contribution in [0.15, 0.2) is 77.8 Å². The van der Waals surface area contributed by atoms with Crippen LogP contribution in [0.3, 0.4) is 0 Å². The number of halogens is 2. The van der Waals surface area contributed by atoms with E-state index in [0.717, 1.165) is 11.8 Å². The fourth-order valence-corrected chi connectivity index (χ4v) is 4.64. The summed E-state index contributed by atoms with van der Waals surface area (Å²) in [6.45, 7) is 0.194. The zero-order valence-corrected chi connectivity index (χ0v) is 19.7. The van der Waals surface area contributed by atoms with Crippen LogP contribution < -0.4 is 10.1 Å². The first kappa shape index (κ1) is 24.4. The molecular formula is C26H23F2N3O3S. The van der Waals surface area contributed by atoms with E-state index in [1.54, 1.807) is 49.6 Å². The fourth-order valence-electron chi connectivity index (χ4n) is 3.52. The fraction of sp³-hybridized carbons (Fsp3) is 0.192. The molecule has 1 heterocycles. The minimum Gasteiger partial charge on any atom is -0.497 e. The number of carbonyl (C=O) groups excluding carboxylic acids is 2. The van der Waals surface area contributed by atoms with Gasteiger partial charge in [-0.1, -0.05) is 30.0 Å². The number of hydrogen-bond acceptors (Lipinski definition) is 5. The summed E-state index contributed by atoms with van der Waals surface area (Å²) in [5.74, 6) is -0.734. The van der Waals surface area contributed by atoms with Gasteiger partial charge in [0.25, 0.3) is 0 Å². The highest BCUT2D eigenvalue weighted by atomic mass is 32.2. The SMILES string of the molecule is COc1ccc(NC(=O)[C@H]2CC(=O)N(CCc3ccccc3F)C(=Nc3ccc(F)cc3)S2)cc1. The number of hydrogen-bond donors (Lipinski definition) is 1. The van der Waals surface area contributed by atoms with E-state index < -0.39 is 11.1 Å². The molecule has 1 aliphatic heterocycles. The van der Waals surface area contributed by atoms with Crippen molar-refractivity contribution in [3.05, 3.63) is 90.0 Å². The van der Waals surface area contributed by atoms with Crippen molar-refractivity contribution < 1.29 is 23.1 Å². The van der Waals surface area contributed by atoms with E-state index >= 15 is 0 Å². The van der Waals surface area contributed by atoms with E-state index in [-0.39, 0.29) is 37.0 Å². The number of anilines is 1. The van der Waals surface area contributed by atoms with Gasteiger partial charge in [-0.05, 0) is 66.6 Å². The maximum absolute atomic E-state index is 14.1. The number of nitrogens with one attached hydrogen (secondary N) is 1. The van der Waals surface area contributed by atoms with Gasteiger partial charge in [0.15, 0.2) is 5.17 Å². The summed E-state index contributed by atoms with van der Waals surface area (Å²) in [7, 11) is 1.55. The summed E-state index contributed by atoms with van der Waals surface area (Å²) in [6.07, 6.45) is 0.247. The van der Waals surface area contributed by atoms with Crippen molar-refractivity contribution in [1.29, 1.82) is 0 Å². The number of amidine groups is 1. The van der Waals surface area contributed by atoms with Gasteiger partial charge < -0.3 is 10.1 Å². The van der Waals surface area contributed by atoms with Crippen LogP contribution in [0.5, 0.6) is 5.75 Å². The van der Waals surface area contributed by atoms with E-state index in [1.807, 2.05) is 0 Å². The molecule has 6 nitrogen and oxygen atoms in total. The smallest absolute Gasteiger partial charge is 0.238 e. The molecule has 1 atom stereocenters. The van der Waals surface area contributed by atoms with Crippen molar-refractivity contribution in [1.82, 2.24) is 4.90 Å². The number of carbonyl (C=O) groups is 2. The lowest BCUT2D eigenvalue weighted by atomic mass is 10.1. The van der Waals surface area contributed by atoms with E-state index in [1.165, 1.54) is 35.2 Å². The Balaban J connectivity index is 1.54. The Morgan fingerprint density at radius 2 is 1.80 bits per heavy atom. The lowest BCUT2D eigenvalue weighted by Gasteiger charge is -2.32. The first-order chi connectivity index (χ1) is 16.9. The molecule has 0 spiro atoms. The second-order valence-electron chi connectivity index (χ2n) is 7.79. The molecule has 0 radical (unpaired) electrons. The molecule has 0 aromatic heterocycles. The van der Waals surface area contributed by atoms with Crippen molar-refractivity contribution >= 4 is 40.1 Å². The molecule has 9 heteroatoms. The van der Waals surface area contributed by atoms with Gasteiger partial charge in [0.2, 0.25) is 11.8 Å². The highest BCUT2D eigenvalue weighted by Crippen LogP contribution is 2.30. The molecule has 0 saturated carbocycles. The number of ether oxygens (including phenoxy) is 1. The zero-order chi connectivity index (χ0) is 24.8. The average molecular weight is 496 g/mol. The molecule has 180 valence electrons. The lowest BCUT2D eigenvalue weighted by Crippen LogP contribution is -2.46. The summed E-state index contributed by atoms with van der Waals surface area (Å²) in [5, 5.41) is 2.41. The summed E-state index contributed by atoms with van der Waals surface area (Å²) in [4.78, 5) is 32.0. The number of methoxy groups -OCH3 is 1. The first-order valence-corrected chi connectivity index (χ1v) is 11.8. The average Bonchev–Trinajstić information content (AvgIpc) is 2.86. The minimum absolute atomic E-state index is 0.0354. The van der Waals surface area contributed by atoms with Crippen LogP contribution in [0.25, 0.3) is 0 Å². The molecule has 4 rings (SSSR count). The normalized spacial score (nSPS) is 16.9. The molecule has 0 unspecified atom stereocenters. The lowest BCUT2D eigenvalue weighted by molar-refractivity contribution is -0.129. The molecule has 1 fully saturated rings. The Morgan fingerprint density at radius 1 is 1.09 bits per heavy atom. The third-order valence-corrected chi connectivity index (χ3v) is 6.59. The molecular weight excluding hydrogens is 472 g/mol. The Labute approximate surface area is 206 Å². The largest absolute Gasteiger partial charge is 0.497 e. The van der Waals surface area contributed by atoms with Crippen molar-refractivity contribution in [2.24, 2.45) is 4.99 Å². The Kier molecular flexibility index (Phi) is 7.77. The molecule has 35 heavy (non-hydrogen) atoms. The summed E-state index contributed by atoms with van der Waals surface area (Å²) < 4.78 is 32.6. The third-order valence-electron chi connectivity index (χ3n) is 5.40. The van der Waals surface area contributed by atoms with Crippen LogP contribution >= 0.6 is 11.8 Å². The summed E-state index contributed by atoms with van der Waals surface area (Å²) >= 11 is 1.15. The van der Waals surface area contributed by atoms with Crippen LogP contribution in [0.1, 0.15) is 12.0 Å². The summed E-state index contributed by atoms with van der Waals surface area (Å²) in [5.41, 5.74) is 1.49. The predicted molar refractivity (Wildman–Crippen MR) is 133 cm³/mol. The van der Waals surface area contributed by atoms with Crippen LogP contribution in [0.2, 0.25) is 0 Å². The van der Waals surface area contributed by atoms with Crippen LogP contribution in [-0.2, 0) is 16.0 Å². The predicted octanol–water partition coefficient (Wildman–Crippen LogP) is 5.18. The number of nitrogens with zero attached hydrogens (tertiary/aromatic N) is 2. The van der Waals surface area contributed by atoms with E-state index in [0.29, 0.717) is 27.9 Å². The van der Waals surface area contributed by atoms with Gasteiger partial charge in [-0.2, -0.15) is 0 Å². The Hall–Kier alpha value is -3.72. The van der Waals surface area contributed by atoms with Crippen LogP contribution in [0.4, 0.5) is 20.2 Å². The number of amides is 2. The van der Waals surface area contributed by atoms with Gasteiger partial charge in [-0.25, -0.2) is 13.8 Å².